The first-order chi connectivity index (χ1) is 17.6. The topological polar surface area (TPSA) is 72.8 Å². The third-order valence-electron chi connectivity index (χ3n) is 6.42. The van der Waals surface area contributed by atoms with Crippen LogP contribution in [-0.4, -0.2) is 69.1 Å². The highest BCUT2D eigenvalue weighted by molar-refractivity contribution is 6.04. The number of nitrogens with zero attached hydrogens (tertiary/aromatic N) is 3. The zero-order chi connectivity index (χ0) is 25.1. The summed E-state index contributed by atoms with van der Waals surface area (Å²) in [5.74, 6) is 3.91. The molecule has 5 rings (SSSR count). The first-order valence-electron chi connectivity index (χ1n) is 11.9. The molecule has 0 radical (unpaired) electrons. The molecular weight excluding hydrogens is 458 g/mol. The lowest BCUT2D eigenvalue weighted by Crippen LogP contribution is -2.37. The van der Waals surface area contributed by atoms with Gasteiger partial charge in [0.2, 0.25) is 0 Å². The number of amides is 1. The van der Waals surface area contributed by atoms with E-state index < -0.39 is 0 Å². The third-order valence-corrected chi connectivity index (χ3v) is 6.42. The number of hydrogen-bond donors (Lipinski definition) is 0. The van der Waals surface area contributed by atoms with Crippen LogP contribution in [0, 0.1) is 0 Å². The second kappa shape index (κ2) is 10.2. The fraction of sp³-hybridized carbons (Fsp3) is 0.286. The van der Waals surface area contributed by atoms with Crippen LogP contribution >= 0.6 is 0 Å². The van der Waals surface area contributed by atoms with Crippen LogP contribution in [0.4, 0.5) is 5.69 Å². The van der Waals surface area contributed by atoms with E-state index in [9.17, 15) is 4.79 Å². The van der Waals surface area contributed by atoms with E-state index in [1.54, 1.807) is 39.5 Å². The Labute approximate surface area is 210 Å². The smallest absolute Gasteiger partial charge is 0.254 e. The quantitative estimate of drug-likeness (QED) is 0.529. The number of amidine groups is 1. The van der Waals surface area contributed by atoms with Crippen molar-refractivity contribution in [3.05, 3.63) is 71.8 Å². The number of methoxy groups -OCH3 is 3. The van der Waals surface area contributed by atoms with Crippen LogP contribution in [0.1, 0.15) is 22.3 Å². The predicted octanol–water partition coefficient (Wildman–Crippen LogP) is 4.74. The van der Waals surface area contributed by atoms with Gasteiger partial charge in [-0.1, -0.05) is 18.2 Å². The highest BCUT2D eigenvalue weighted by Gasteiger charge is 2.28. The molecule has 0 N–H and O–H groups in total. The van der Waals surface area contributed by atoms with Gasteiger partial charge in [0.05, 0.1) is 26.9 Å². The lowest BCUT2D eigenvalue weighted by atomic mass is 10.1. The molecule has 186 valence electrons. The van der Waals surface area contributed by atoms with E-state index in [0.29, 0.717) is 53.9 Å². The highest BCUT2D eigenvalue weighted by atomic mass is 16.5. The Kier molecular flexibility index (Phi) is 6.66. The fourth-order valence-corrected chi connectivity index (χ4v) is 4.56. The van der Waals surface area contributed by atoms with Crippen LogP contribution in [-0.2, 0) is 0 Å². The molecule has 2 aliphatic heterocycles. The molecule has 3 aromatic rings. The van der Waals surface area contributed by atoms with Crippen LogP contribution in [0.25, 0.3) is 0 Å². The fourth-order valence-electron chi connectivity index (χ4n) is 4.56. The van der Waals surface area contributed by atoms with Gasteiger partial charge < -0.3 is 28.7 Å². The van der Waals surface area contributed by atoms with E-state index in [-0.39, 0.29) is 5.91 Å². The van der Waals surface area contributed by atoms with E-state index in [1.807, 2.05) is 47.4 Å². The molecule has 1 fully saturated rings. The van der Waals surface area contributed by atoms with Crippen molar-refractivity contribution in [3.63, 3.8) is 0 Å². The van der Waals surface area contributed by atoms with Gasteiger partial charge in [0.15, 0.2) is 17.2 Å². The zero-order valence-electron chi connectivity index (χ0n) is 20.7. The largest absolute Gasteiger partial charge is 0.497 e. The van der Waals surface area contributed by atoms with Gasteiger partial charge in [-0.3, -0.25) is 4.79 Å². The van der Waals surface area contributed by atoms with Crippen molar-refractivity contribution in [2.24, 2.45) is 4.99 Å². The van der Waals surface area contributed by atoms with Crippen LogP contribution in [0.2, 0.25) is 0 Å². The molecule has 8 nitrogen and oxygen atoms in total. The monoisotopic (exact) mass is 487 g/mol. The molecule has 0 spiro atoms. The summed E-state index contributed by atoms with van der Waals surface area (Å²) >= 11 is 0. The van der Waals surface area contributed by atoms with Gasteiger partial charge in [-0.2, -0.15) is 0 Å². The maximum Gasteiger partial charge on any atom is 0.254 e. The van der Waals surface area contributed by atoms with Crippen molar-refractivity contribution < 1.29 is 23.7 Å². The van der Waals surface area contributed by atoms with E-state index in [4.69, 9.17) is 23.9 Å². The number of fused-ring (bicyclic) bond motifs is 2. The normalized spacial score (nSPS) is 14.9. The number of aliphatic imine (C=N–C) groups is 1. The van der Waals surface area contributed by atoms with Crippen molar-refractivity contribution in [1.29, 1.82) is 0 Å². The van der Waals surface area contributed by atoms with Crippen LogP contribution < -0.4 is 18.9 Å². The number of hydrogen-bond acceptors (Lipinski definition) is 7. The van der Waals surface area contributed by atoms with Crippen LogP contribution in [0.5, 0.6) is 28.7 Å². The highest BCUT2D eigenvalue weighted by Crippen LogP contribution is 2.42. The number of carbonyl (C=O) groups excluding carboxylic acids is 1. The standard InChI is InChI=1S/C28H29N3O5/c1-33-20-16-19(17-21(18-20)34-2)28(32)31-13-7-12-30(14-15-31)27-22-8-6-11-25(35-3)26(22)36-24-10-5-4-9-23(24)29-27/h4-6,8-11,16-18H,7,12-15H2,1-3H3. The van der Waals surface area contributed by atoms with Gasteiger partial charge >= 0.3 is 0 Å². The Morgan fingerprint density at radius 2 is 1.64 bits per heavy atom. The second-order valence-electron chi connectivity index (χ2n) is 8.58. The molecule has 1 saturated heterocycles. The van der Waals surface area contributed by atoms with Crippen LogP contribution in [0.3, 0.4) is 0 Å². The number of carbonyl (C=O) groups is 1. The number of para-hydroxylation sites is 3. The first-order valence-corrected chi connectivity index (χ1v) is 11.9. The lowest BCUT2D eigenvalue weighted by Gasteiger charge is -2.25. The minimum Gasteiger partial charge on any atom is -0.497 e. The van der Waals surface area contributed by atoms with Crippen molar-refractivity contribution in [2.45, 2.75) is 6.42 Å². The molecule has 8 heteroatoms. The molecule has 3 aromatic carbocycles. The first kappa shape index (κ1) is 23.5. The molecule has 0 aliphatic carbocycles. The SMILES string of the molecule is COc1cc(OC)cc(C(=O)N2CCCN(C3=Nc4ccccc4Oc4c(OC)cccc43)CC2)c1. The van der Waals surface area contributed by atoms with Gasteiger partial charge in [0.25, 0.3) is 5.91 Å². The Balaban J connectivity index is 1.44. The Hall–Kier alpha value is -4.20. The van der Waals surface area contributed by atoms with E-state index >= 15 is 0 Å². The van der Waals surface area contributed by atoms with Crippen molar-refractivity contribution in [1.82, 2.24) is 9.80 Å². The molecule has 0 atom stereocenters. The summed E-state index contributed by atoms with van der Waals surface area (Å²) in [6.45, 7) is 2.58. The van der Waals surface area contributed by atoms with Crippen molar-refractivity contribution >= 4 is 17.4 Å². The van der Waals surface area contributed by atoms with E-state index in [1.165, 1.54) is 0 Å². The van der Waals surface area contributed by atoms with Gasteiger partial charge in [0.1, 0.15) is 23.0 Å². The molecule has 2 aliphatic rings. The number of rotatable bonds is 4. The molecule has 0 unspecified atom stereocenters. The van der Waals surface area contributed by atoms with Gasteiger partial charge in [-0.25, -0.2) is 4.99 Å². The molecule has 2 heterocycles. The minimum atomic E-state index is -0.0485. The number of benzene rings is 3. The summed E-state index contributed by atoms with van der Waals surface area (Å²) in [5.41, 5.74) is 2.16. The molecule has 0 saturated carbocycles. The Morgan fingerprint density at radius 1 is 0.861 bits per heavy atom. The summed E-state index contributed by atoms with van der Waals surface area (Å²) in [5, 5.41) is 0. The van der Waals surface area contributed by atoms with Gasteiger partial charge in [-0.05, 0) is 42.8 Å². The number of ether oxygens (including phenoxy) is 4. The van der Waals surface area contributed by atoms with Crippen molar-refractivity contribution in [2.75, 3.05) is 47.5 Å². The van der Waals surface area contributed by atoms with Gasteiger partial charge in [-0.15, -0.1) is 0 Å². The molecule has 0 aromatic heterocycles. The average Bonchev–Trinajstić information content (AvgIpc) is 3.27. The summed E-state index contributed by atoms with van der Waals surface area (Å²) in [6.07, 6.45) is 0.799. The maximum absolute atomic E-state index is 13.4. The summed E-state index contributed by atoms with van der Waals surface area (Å²) in [7, 11) is 4.79. The lowest BCUT2D eigenvalue weighted by molar-refractivity contribution is 0.0763. The Bertz CT molecular complexity index is 1280. The second-order valence-corrected chi connectivity index (χ2v) is 8.58. The minimum absolute atomic E-state index is 0.0485. The summed E-state index contributed by atoms with van der Waals surface area (Å²) < 4.78 is 22.6. The molecular formula is C28H29N3O5. The van der Waals surface area contributed by atoms with Crippen LogP contribution in [0.15, 0.2) is 65.7 Å². The Morgan fingerprint density at radius 3 is 2.39 bits per heavy atom. The van der Waals surface area contributed by atoms with E-state index in [2.05, 4.69) is 4.90 Å². The molecule has 36 heavy (non-hydrogen) atoms. The maximum atomic E-state index is 13.4. The third kappa shape index (κ3) is 4.54. The molecule has 1 amide bonds. The van der Waals surface area contributed by atoms with Gasteiger partial charge in [0, 0.05) is 37.8 Å². The zero-order valence-corrected chi connectivity index (χ0v) is 20.7. The average molecular weight is 488 g/mol. The molecule has 0 bridgehead atoms. The van der Waals surface area contributed by atoms with Crippen molar-refractivity contribution in [3.8, 4) is 28.7 Å². The summed E-state index contributed by atoms with van der Waals surface area (Å²) in [4.78, 5) is 22.5. The predicted molar refractivity (Wildman–Crippen MR) is 137 cm³/mol. The summed E-state index contributed by atoms with van der Waals surface area (Å²) in [6, 6.07) is 18.8. The van der Waals surface area contributed by atoms with E-state index in [0.717, 1.165) is 30.1 Å².